The van der Waals surface area contributed by atoms with Gasteiger partial charge in [0.2, 0.25) is 0 Å². The molecule has 2 rings (SSSR count). The summed E-state index contributed by atoms with van der Waals surface area (Å²) in [6, 6.07) is 7.07. The van der Waals surface area contributed by atoms with E-state index in [9.17, 15) is 5.11 Å². The summed E-state index contributed by atoms with van der Waals surface area (Å²) in [5, 5.41) is 17.8. The van der Waals surface area contributed by atoms with Crippen molar-refractivity contribution in [2.75, 3.05) is 0 Å². The number of aromatic hydroxyl groups is 1. The number of nitrogens with zero attached hydrogens (tertiary/aromatic N) is 3. The summed E-state index contributed by atoms with van der Waals surface area (Å²) in [5.74, 6) is 0.202. The molecule has 2 aromatic rings. The fraction of sp³-hybridized carbons (Fsp3) is 0.333. The lowest BCUT2D eigenvalue weighted by Crippen LogP contribution is -2.11. The Kier molecular flexibility index (Phi) is 2.42. The van der Waals surface area contributed by atoms with Crippen molar-refractivity contribution in [3.63, 3.8) is 0 Å². The van der Waals surface area contributed by atoms with Crippen molar-refractivity contribution < 1.29 is 5.11 Å². The van der Waals surface area contributed by atoms with E-state index < -0.39 is 0 Å². The van der Waals surface area contributed by atoms with Gasteiger partial charge in [0.1, 0.15) is 11.4 Å². The van der Waals surface area contributed by atoms with E-state index in [0.717, 1.165) is 5.69 Å². The smallest absolute Gasteiger partial charge is 0.141 e. The molecule has 84 valence electrons. The van der Waals surface area contributed by atoms with Crippen LogP contribution < -0.4 is 0 Å². The predicted molar refractivity (Wildman–Crippen MR) is 61.7 cm³/mol. The highest BCUT2D eigenvalue weighted by molar-refractivity contribution is 5.44. The summed E-state index contributed by atoms with van der Waals surface area (Å²) < 4.78 is 1.59. The van der Waals surface area contributed by atoms with Crippen LogP contribution in [0.3, 0.4) is 0 Å². The van der Waals surface area contributed by atoms with E-state index in [-0.39, 0.29) is 11.2 Å². The minimum Gasteiger partial charge on any atom is -0.506 e. The van der Waals surface area contributed by atoms with Gasteiger partial charge in [-0.15, -0.1) is 5.10 Å². The molecule has 0 radical (unpaired) electrons. The van der Waals surface area contributed by atoms with Gasteiger partial charge in [0.05, 0.1) is 11.9 Å². The molecule has 0 aliphatic rings. The Morgan fingerprint density at radius 3 is 2.44 bits per heavy atom. The molecule has 0 spiro atoms. The van der Waals surface area contributed by atoms with Crippen LogP contribution in [0.2, 0.25) is 0 Å². The minimum absolute atomic E-state index is 0.0390. The van der Waals surface area contributed by atoms with E-state index in [1.54, 1.807) is 22.9 Å². The molecule has 1 heterocycles. The molecule has 0 aliphatic heterocycles. The molecule has 1 aromatic heterocycles. The van der Waals surface area contributed by atoms with E-state index in [2.05, 4.69) is 31.1 Å². The fourth-order valence-corrected chi connectivity index (χ4v) is 1.38. The zero-order valence-electron chi connectivity index (χ0n) is 9.68. The molecular formula is C12H15N3O. The van der Waals surface area contributed by atoms with E-state index in [4.69, 9.17) is 0 Å². The van der Waals surface area contributed by atoms with Gasteiger partial charge in [0, 0.05) is 5.41 Å². The predicted octanol–water partition coefficient (Wildman–Crippen LogP) is 2.27. The molecule has 0 atom stereocenters. The van der Waals surface area contributed by atoms with Gasteiger partial charge < -0.3 is 5.11 Å². The number of hydrogen-bond acceptors (Lipinski definition) is 3. The van der Waals surface area contributed by atoms with E-state index in [1.807, 2.05) is 12.3 Å². The van der Waals surface area contributed by atoms with Gasteiger partial charge in [0.15, 0.2) is 0 Å². The third-order valence-electron chi connectivity index (χ3n) is 2.39. The number of phenolic OH excluding ortho intramolecular Hbond substituents is 1. The van der Waals surface area contributed by atoms with Gasteiger partial charge in [-0.1, -0.05) is 38.1 Å². The molecule has 4 nitrogen and oxygen atoms in total. The maximum atomic E-state index is 9.69. The molecule has 0 saturated carbocycles. The molecule has 0 aliphatic carbocycles. The number of rotatable bonds is 1. The number of para-hydroxylation sites is 2. The summed E-state index contributed by atoms with van der Waals surface area (Å²) in [7, 11) is 0. The zero-order valence-corrected chi connectivity index (χ0v) is 9.68. The van der Waals surface area contributed by atoms with Crippen molar-refractivity contribution in [2.24, 2.45) is 0 Å². The highest BCUT2D eigenvalue weighted by Gasteiger charge is 2.18. The van der Waals surface area contributed by atoms with E-state index in [1.165, 1.54) is 0 Å². The Morgan fingerprint density at radius 1 is 1.19 bits per heavy atom. The van der Waals surface area contributed by atoms with Crippen LogP contribution in [0.4, 0.5) is 0 Å². The standard InChI is InChI=1S/C12H15N3O/c1-12(2,3)11-8-15(14-13-11)9-6-4-5-7-10(9)16/h4-8,16H,1-3H3. The lowest BCUT2D eigenvalue weighted by Gasteiger charge is -2.12. The summed E-state index contributed by atoms with van der Waals surface area (Å²) >= 11 is 0. The Balaban J connectivity index is 2.44. The van der Waals surface area contributed by atoms with Crippen LogP contribution in [0.15, 0.2) is 30.5 Å². The second-order valence-corrected chi connectivity index (χ2v) is 4.79. The van der Waals surface area contributed by atoms with Crippen LogP contribution in [0.25, 0.3) is 5.69 Å². The van der Waals surface area contributed by atoms with Crippen molar-refractivity contribution in [3.8, 4) is 11.4 Å². The number of aromatic nitrogens is 3. The van der Waals surface area contributed by atoms with Gasteiger partial charge in [0.25, 0.3) is 0 Å². The van der Waals surface area contributed by atoms with Gasteiger partial charge in [-0.2, -0.15) is 0 Å². The normalized spacial score (nSPS) is 11.7. The highest BCUT2D eigenvalue weighted by Crippen LogP contribution is 2.23. The lowest BCUT2D eigenvalue weighted by atomic mass is 9.93. The van der Waals surface area contributed by atoms with Gasteiger partial charge in [-0.25, -0.2) is 4.68 Å². The molecule has 0 fully saturated rings. The monoisotopic (exact) mass is 217 g/mol. The summed E-state index contributed by atoms with van der Waals surface area (Å²) in [6.45, 7) is 6.23. The second kappa shape index (κ2) is 3.63. The Hall–Kier alpha value is -1.84. The third-order valence-corrected chi connectivity index (χ3v) is 2.39. The molecule has 0 bridgehead atoms. The van der Waals surface area contributed by atoms with Crippen molar-refractivity contribution >= 4 is 0 Å². The SMILES string of the molecule is CC(C)(C)c1cn(-c2ccccc2O)nn1. The Labute approximate surface area is 94.5 Å². The summed E-state index contributed by atoms with van der Waals surface area (Å²) in [5.41, 5.74) is 1.50. The summed E-state index contributed by atoms with van der Waals surface area (Å²) in [4.78, 5) is 0. The maximum Gasteiger partial charge on any atom is 0.141 e. The third kappa shape index (κ3) is 1.91. The fourth-order valence-electron chi connectivity index (χ4n) is 1.38. The first-order valence-electron chi connectivity index (χ1n) is 5.20. The Morgan fingerprint density at radius 2 is 1.88 bits per heavy atom. The molecule has 0 saturated heterocycles. The summed E-state index contributed by atoms with van der Waals surface area (Å²) in [6.07, 6.45) is 1.84. The number of benzene rings is 1. The van der Waals surface area contributed by atoms with E-state index in [0.29, 0.717) is 5.69 Å². The first-order valence-corrected chi connectivity index (χ1v) is 5.20. The molecule has 4 heteroatoms. The van der Waals surface area contributed by atoms with Gasteiger partial charge >= 0.3 is 0 Å². The van der Waals surface area contributed by atoms with Crippen LogP contribution in [-0.4, -0.2) is 20.1 Å². The van der Waals surface area contributed by atoms with Crippen molar-refractivity contribution in [2.45, 2.75) is 26.2 Å². The zero-order chi connectivity index (χ0) is 11.8. The quantitative estimate of drug-likeness (QED) is 0.797. The topological polar surface area (TPSA) is 50.9 Å². The van der Waals surface area contributed by atoms with E-state index >= 15 is 0 Å². The van der Waals surface area contributed by atoms with Crippen LogP contribution in [-0.2, 0) is 5.41 Å². The molecule has 1 N–H and O–H groups in total. The van der Waals surface area contributed by atoms with Crippen LogP contribution in [0.1, 0.15) is 26.5 Å². The second-order valence-electron chi connectivity index (χ2n) is 4.79. The average molecular weight is 217 g/mol. The van der Waals surface area contributed by atoms with Crippen molar-refractivity contribution in [1.29, 1.82) is 0 Å². The average Bonchev–Trinajstić information content (AvgIpc) is 2.66. The van der Waals surface area contributed by atoms with Crippen LogP contribution in [0, 0.1) is 0 Å². The number of phenols is 1. The number of hydrogen-bond donors (Lipinski definition) is 1. The molecular weight excluding hydrogens is 202 g/mol. The van der Waals surface area contributed by atoms with Crippen molar-refractivity contribution in [1.82, 2.24) is 15.0 Å². The first-order chi connectivity index (χ1) is 7.48. The van der Waals surface area contributed by atoms with Crippen molar-refractivity contribution in [3.05, 3.63) is 36.2 Å². The molecule has 0 unspecified atom stereocenters. The van der Waals surface area contributed by atoms with Crippen LogP contribution >= 0.6 is 0 Å². The molecule has 0 amide bonds. The maximum absolute atomic E-state index is 9.69. The van der Waals surface area contributed by atoms with Gasteiger partial charge in [-0.05, 0) is 12.1 Å². The Bertz CT molecular complexity index is 497. The largest absolute Gasteiger partial charge is 0.506 e. The highest BCUT2D eigenvalue weighted by atomic mass is 16.3. The van der Waals surface area contributed by atoms with Gasteiger partial charge in [-0.3, -0.25) is 0 Å². The first kappa shape index (κ1) is 10.7. The molecule has 1 aromatic carbocycles. The lowest BCUT2D eigenvalue weighted by molar-refractivity contribution is 0.470. The minimum atomic E-state index is -0.0390. The molecule has 16 heavy (non-hydrogen) atoms. The van der Waals surface area contributed by atoms with Crippen LogP contribution in [0.5, 0.6) is 5.75 Å².